The minimum atomic E-state index is -2.83. The summed E-state index contributed by atoms with van der Waals surface area (Å²) in [5, 5.41) is 3.52. The maximum Gasteiger partial charge on any atom is 0.150 e. The van der Waals surface area contributed by atoms with Crippen LogP contribution in [-0.4, -0.2) is 32.5 Å². The van der Waals surface area contributed by atoms with Gasteiger partial charge in [-0.25, -0.2) is 8.42 Å². The summed E-state index contributed by atoms with van der Waals surface area (Å²) in [5.74, 6) is 1.03. The van der Waals surface area contributed by atoms with Gasteiger partial charge in [0.25, 0.3) is 0 Å². The van der Waals surface area contributed by atoms with Gasteiger partial charge < -0.3 is 5.32 Å². The van der Waals surface area contributed by atoms with Crippen LogP contribution in [0, 0.1) is 11.3 Å². The lowest BCUT2D eigenvalue weighted by Gasteiger charge is -2.31. The van der Waals surface area contributed by atoms with Gasteiger partial charge in [0.05, 0.1) is 5.75 Å². The van der Waals surface area contributed by atoms with Crippen LogP contribution in [0.15, 0.2) is 0 Å². The van der Waals surface area contributed by atoms with E-state index in [2.05, 4.69) is 26.1 Å². The first kappa shape index (κ1) is 15.0. The maximum atomic E-state index is 11.6. The van der Waals surface area contributed by atoms with E-state index in [1.807, 2.05) is 0 Å². The molecule has 1 atom stereocenters. The molecular weight excluding hydrogens is 234 g/mol. The Hall–Kier alpha value is -0.0900. The minimum Gasteiger partial charge on any atom is -0.314 e. The second kappa shape index (κ2) is 5.70. The molecule has 0 amide bonds. The zero-order chi connectivity index (χ0) is 13.1. The Bertz CT molecular complexity index is 326. The van der Waals surface area contributed by atoms with Crippen molar-refractivity contribution in [1.29, 1.82) is 0 Å². The summed E-state index contributed by atoms with van der Waals surface area (Å²) in [6, 6.07) is 0.697. The van der Waals surface area contributed by atoms with Crippen molar-refractivity contribution in [2.75, 3.05) is 18.1 Å². The number of hydrogen-bond donors (Lipinski definition) is 1. The molecule has 1 N–H and O–H groups in total. The fraction of sp³-hybridized carbons (Fsp3) is 1.00. The summed E-state index contributed by atoms with van der Waals surface area (Å²) in [4.78, 5) is 0. The highest BCUT2D eigenvalue weighted by atomic mass is 32.2. The molecule has 1 fully saturated rings. The van der Waals surface area contributed by atoms with Crippen LogP contribution in [0.1, 0.15) is 47.0 Å². The normalized spacial score (nSPS) is 19.3. The molecule has 0 spiro atoms. The van der Waals surface area contributed by atoms with Crippen molar-refractivity contribution in [1.82, 2.24) is 5.32 Å². The lowest BCUT2D eigenvalue weighted by atomic mass is 9.79. The standard InChI is InChI=1S/C13H27NO2S/c1-5-17(15,16)9-8-11(13(2,3)4)10-14-12-6-7-12/h11-12,14H,5-10H2,1-4H3. The molecule has 1 aliphatic carbocycles. The first-order valence-corrected chi connectivity index (χ1v) is 8.50. The van der Waals surface area contributed by atoms with E-state index < -0.39 is 9.84 Å². The zero-order valence-corrected chi connectivity index (χ0v) is 12.4. The van der Waals surface area contributed by atoms with E-state index in [0.717, 1.165) is 13.0 Å². The predicted molar refractivity (Wildman–Crippen MR) is 72.9 cm³/mol. The summed E-state index contributed by atoms with van der Waals surface area (Å²) >= 11 is 0. The van der Waals surface area contributed by atoms with Crippen molar-refractivity contribution in [2.24, 2.45) is 11.3 Å². The van der Waals surface area contributed by atoms with Crippen LogP contribution in [0.5, 0.6) is 0 Å². The van der Waals surface area contributed by atoms with Crippen molar-refractivity contribution in [3.05, 3.63) is 0 Å². The third-order valence-electron chi connectivity index (χ3n) is 3.67. The highest BCUT2D eigenvalue weighted by Crippen LogP contribution is 2.30. The first-order chi connectivity index (χ1) is 7.74. The van der Waals surface area contributed by atoms with Crippen molar-refractivity contribution in [3.63, 3.8) is 0 Å². The minimum absolute atomic E-state index is 0.172. The van der Waals surface area contributed by atoms with Gasteiger partial charge in [-0.15, -0.1) is 0 Å². The number of hydrogen-bond acceptors (Lipinski definition) is 3. The SMILES string of the molecule is CCS(=O)(=O)CCC(CNC1CC1)C(C)(C)C. The Morgan fingerprint density at radius 2 is 1.88 bits per heavy atom. The molecule has 1 aliphatic rings. The molecule has 1 rings (SSSR count). The van der Waals surface area contributed by atoms with Gasteiger partial charge in [0, 0.05) is 11.8 Å². The lowest BCUT2D eigenvalue weighted by Crippen LogP contribution is -2.34. The van der Waals surface area contributed by atoms with E-state index >= 15 is 0 Å². The monoisotopic (exact) mass is 261 g/mol. The molecule has 17 heavy (non-hydrogen) atoms. The molecule has 0 radical (unpaired) electrons. The number of nitrogens with one attached hydrogen (secondary N) is 1. The van der Waals surface area contributed by atoms with E-state index in [0.29, 0.717) is 17.7 Å². The van der Waals surface area contributed by atoms with Gasteiger partial charge in [0.15, 0.2) is 0 Å². The third-order valence-corrected chi connectivity index (χ3v) is 5.41. The largest absolute Gasteiger partial charge is 0.314 e. The van der Waals surface area contributed by atoms with Crippen molar-refractivity contribution in [3.8, 4) is 0 Å². The molecule has 0 aromatic carbocycles. The van der Waals surface area contributed by atoms with Gasteiger partial charge in [-0.3, -0.25) is 0 Å². The fourth-order valence-electron chi connectivity index (χ4n) is 1.90. The van der Waals surface area contributed by atoms with Crippen molar-refractivity contribution in [2.45, 2.75) is 53.0 Å². The maximum absolute atomic E-state index is 11.6. The Kier molecular flexibility index (Phi) is 5.02. The van der Waals surface area contributed by atoms with E-state index in [1.54, 1.807) is 6.92 Å². The highest BCUT2D eigenvalue weighted by Gasteiger charge is 2.28. The molecule has 0 heterocycles. The molecule has 0 aromatic heterocycles. The third kappa shape index (κ3) is 5.87. The molecular formula is C13H27NO2S. The molecule has 102 valence electrons. The molecule has 4 heteroatoms. The van der Waals surface area contributed by atoms with Gasteiger partial charge in [0.1, 0.15) is 9.84 Å². The van der Waals surface area contributed by atoms with E-state index in [-0.39, 0.29) is 11.2 Å². The summed E-state index contributed by atoms with van der Waals surface area (Å²) in [5.41, 5.74) is 0.172. The van der Waals surface area contributed by atoms with Crippen LogP contribution >= 0.6 is 0 Å². The summed E-state index contributed by atoms with van der Waals surface area (Å²) in [6.07, 6.45) is 3.34. The Morgan fingerprint density at radius 1 is 1.29 bits per heavy atom. The highest BCUT2D eigenvalue weighted by molar-refractivity contribution is 7.91. The molecule has 0 saturated heterocycles. The zero-order valence-electron chi connectivity index (χ0n) is 11.6. The topological polar surface area (TPSA) is 46.2 Å². The van der Waals surface area contributed by atoms with E-state index in [9.17, 15) is 8.42 Å². The molecule has 0 aliphatic heterocycles. The van der Waals surface area contributed by atoms with Crippen molar-refractivity contribution < 1.29 is 8.42 Å². The Morgan fingerprint density at radius 3 is 2.29 bits per heavy atom. The smallest absolute Gasteiger partial charge is 0.150 e. The molecule has 3 nitrogen and oxygen atoms in total. The predicted octanol–water partition coefficient (Wildman–Crippen LogP) is 2.23. The van der Waals surface area contributed by atoms with Gasteiger partial charge >= 0.3 is 0 Å². The summed E-state index contributed by atoms with van der Waals surface area (Å²) < 4.78 is 23.1. The average molecular weight is 261 g/mol. The quantitative estimate of drug-likeness (QED) is 0.764. The van der Waals surface area contributed by atoms with E-state index in [1.165, 1.54) is 12.8 Å². The summed E-state index contributed by atoms with van der Waals surface area (Å²) in [7, 11) is -2.83. The van der Waals surface area contributed by atoms with Gasteiger partial charge in [-0.1, -0.05) is 27.7 Å². The molecule has 1 unspecified atom stereocenters. The Balaban J connectivity index is 2.45. The van der Waals surface area contributed by atoms with Gasteiger partial charge in [-0.05, 0) is 37.1 Å². The Labute approximate surface area is 106 Å². The van der Waals surface area contributed by atoms with Crippen LogP contribution in [0.2, 0.25) is 0 Å². The molecule has 0 bridgehead atoms. The van der Waals surface area contributed by atoms with Crippen LogP contribution in [0.4, 0.5) is 0 Å². The first-order valence-electron chi connectivity index (χ1n) is 6.68. The van der Waals surface area contributed by atoms with Crippen LogP contribution in [0.3, 0.4) is 0 Å². The van der Waals surface area contributed by atoms with Crippen LogP contribution < -0.4 is 5.32 Å². The number of sulfone groups is 1. The summed E-state index contributed by atoms with van der Waals surface area (Å²) in [6.45, 7) is 9.28. The van der Waals surface area contributed by atoms with Crippen molar-refractivity contribution >= 4 is 9.84 Å². The molecule has 0 aromatic rings. The fourth-order valence-corrected chi connectivity index (χ4v) is 2.84. The lowest BCUT2D eigenvalue weighted by molar-refractivity contribution is 0.225. The second-order valence-electron chi connectivity index (χ2n) is 6.27. The second-order valence-corrected chi connectivity index (χ2v) is 8.74. The average Bonchev–Trinajstić information content (AvgIpc) is 2.99. The number of rotatable bonds is 7. The van der Waals surface area contributed by atoms with Gasteiger partial charge in [-0.2, -0.15) is 0 Å². The van der Waals surface area contributed by atoms with Crippen LogP contribution in [-0.2, 0) is 9.84 Å². The van der Waals surface area contributed by atoms with Gasteiger partial charge in [0.2, 0.25) is 0 Å². The van der Waals surface area contributed by atoms with Crippen LogP contribution in [0.25, 0.3) is 0 Å². The molecule has 1 saturated carbocycles. The van der Waals surface area contributed by atoms with E-state index in [4.69, 9.17) is 0 Å².